The van der Waals surface area contributed by atoms with Crippen LogP contribution in [0.2, 0.25) is 0 Å². The zero-order valence-corrected chi connectivity index (χ0v) is 12.2. The second-order valence-corrected chi connectivity index (χ2v) is 4.91. The van der Waals surface area contributed by atoms with Crippen molar-refractivity contribution in [2.24, 2.45) is 0 Å². The molecule has 0 aliphatic heterocycles. The van der Waals surface area contributed by atoms with E-state index in [4.69, 9.17) is 0 Å². The third-order valence-electron chi connectivity index (χ3n) is 2.81. The lowest BCUT2D eigenvalue weighted by Gasteiger charge is -2.17. The van der Waals surface area contributed by atoms with E-state index in [1.165, 1.54) is 0 Å². The van der Waals surface area contributed by atoms with Gasteiger partial charge in [0.05, 0.1) is 0 Å². The van der Waals surface area contributed by atoms with Gasteiger partial charge >= 0.3 is 0 Å². The highest BCUT2D eigenvalue weighted by atomic mass is 16.1. The van der Waals surface area contributed by atoms with Gasteiger partial charge in [-0.15, -0.1) is 10.2 Å². The number of benzene rings is 1. The van der Waals surface area contributed by atoms with Gasteiger partial charge in [-0.2, -0.15) is 0 Å². The van der Waals surface area contributed by atoms with E-state index in [0.717, 1.165) is 11.3 Å². The highest BCUT2D eigenvalue weighted by molar-refractivity contribution is 6.02. The molecule has 1 amide bonds. The van der Waals surface area contributed by atoms with Crippen molar-refractivity contribution in [2.75, 3.05) is 23.8 Å². The first kappa shape index (κ1) is 14.7. The van der Waals surface area contributed by atoms with Crippen LogP contribution in [0.5, 0.6) is 0 Å². The van der Waals surface area contributed by atoms with E-state index in [1.54, 1.807) is 12.1 Å². The summed E-state index contributed by atoms with van der Waals surface area (Å²) >= 11 is 0. The van der Waals surface area contributed by atoms with Gasteiger partial charge in [0.15, 0.2) is 11.5 Å². The van der Waals surface area contributed by atoms with Crippen molar-refractivity contribution in [1.82, 2.24) is 10.2 Å². The zero-order chi connectivity index (χ0) is 15.2. The van der Waals surface area contributed by atoms with E-state index < -0.39 is 0 Å². The number of nitrogens with one attached hydrogen (secondary N) is 1. The molecule has 0 unspecified atom stereocenters. The Morgan fingerprint density at radius 1 is 1.19 bits per heavy atom. The van der Waals surface area contributed by atoms with Crippen LogP contribution in [0, 0.1) is 0 Å². The molecule has 0 radical (unpaired) electrons. The van der Waals surface area contributed by atoms with Crippen LogP contribution in [0.4, 0.5) is 11.5 Å². The molecule has 2 aromatic rings. The van der Waals surface area contributed by atoms with E-state index in [1.807, 2.05) is 49.2 Å². The minimum Gasteiger partial charge on any atom is -0.354 e. The molecule has 21 heavy (non-hydrogen) atoms. The molecule has 1 heterocycles. The van der Waals surface area contributed by atoms with Crippen molar-refractivity contribution in [1.29, 1.82) is 0 Å². The molecule has 0 saturated heterocycles. The van der Waals surface area contributed by atoms with Gasteiger partial charge in [-0.05, 0) is 31.2 Å². The van der Waals surface area contributed by atoms with Crippen molar-refractivity contribution in [3.63, 3.8) is 0 Å². The van der Waals surface area contributed by atoms with Crippen LogP contribution in [-0.4, -0.2) is 29.7 Å². The van der Waals surface area contributed by atoms with Crippen molar-refractivity contribution >= 4 is 17.4 Å². The number of hydrogen-bond donors (Lipinski definition) is 1. The highest BCUT2D eigenvalue weighted by Gasteiger charge is 2.10. The number of likely N-dealkylation sites (N-methyl/N-ethyl adjacent to an activating group) is 1. The van der Waals surface area contributed by atoms with Gasteiger partial charge in [-0.25, -0.2) is 0 Å². The van der Waals surface area contributed by atoms with E-state index >= 15 is 0 Å². The molecular weight excluding hydrogens is 264 g/mol. The third-order valence-corrected chi connectivity index (χ3v) is 2.81. The van der Waals surface area contributed by atoms with Crippen LogP contribution in [0.25, 0.3) is 0 Å². The second kappa shape index (κ2) is 6.65. The van der Waals surface area contributed by atoms with Crippen LogP contribution < -0.4 is 10.2 Å². The van der Waals surface area contributed by atoms with E-state index in [0.29, 0.717) is 12.4 Å². The molecule has 0 aliphatic carbocycles. The number of carbonyl (C=O) groups is 1. The molecule has 1 N–H and O–H groups in total. The van der Waals surface area contributed by atoms with Crippen LogP contribution in [0.3, 0.4) is 0 Å². The third kappa shape index (κ3) is 4.14. The van der Waals surface area contributed by atoms with Gasteiger partial charge in [-0.3, -0.25) is 4.79 Å². The zero-order valence-electron chi connectivity index (χ0n) is 12.2. The number of anilines is 2. The van der Waals surface area contributed by atoms with Crippen molar-refractivity contribution < 1.29 is 4.79 Å². The normalized spacial score (nSPS) is 10.0. The first-order valence-corrected chi connectivity index (χ1v) is 6.62. The minimum atomic E-state index is -0.275. The van der Waals surface area contributed by atoms with Gasteiger partial charge in [0, 0.05) is 19.3 Å². The fourth-order valence-electron chi connectivity index (χ4n) is 1.85. The van der Waals surface area contributed by atoms with Gasteiger partial charge < -0.3 is 10.2 Å². The molecule has 0 bridgehead atoms. The molecule has 0 fully saturated rings. The van der Waals surface area contributed by atoms with Crippen molar-refractivity contribution in [3.8, 4) is 0 Å². The summed E-state index contributed by atoms with van der Waals surface area (Å²) in [7, 11) is 1.91. The largest absolute Gasteiger partial charge is 0.354 e. The van der Waals surface area contributed by atoms with Crippen LogP contribution in [0.1, 0.15) is 17.4 Å². The molecule has 5 nitrogen and oxygen atoms in total. The molecule has 2 rings (SSSR count). The lowest BCUT2D eigenvalue weighted by atomic mass is 10.3. The summed E-state index contributed by atoms with van der Waals surface area (Å²) in [6, 6.07) is 12.7. The lowest BCUT2D eigenvalue weighted by Crippen LogP contribution is -2.21. The number of aromatic nitrogens is 2. The molecule has 0 atom stereocenters. The molecule has 1 aromatic carbocycles. The van der Waals surface area contributed by atoms with Gasteiger partial charge in [-0.1, -0.05) is 30.4 Å². The SMILES string of the molecule is C=C(C)CN(C)c1ccc(C(=O)Nc2ccccc2)nn1. The molecule has 0 spiro atoms. The Morgan fingerprint density at radius 2 is 1.90 bits per heavy atom. The topological polar surface area (TPSA) is 58.1 Å². The Labute approximate surface area is 124 Å². The summed E-state index contributed by atoms with van der Waals surface area (Å²) < 4.78 is 0. The van der Waals surface area contributed by atoms with E-state index in [9.17, 15) is 4.79 Å². The standard InChI is InChI=1S/C16H18N4O/c1-12(2)11-20(3)15-10-9-14(18-19-15)16(21)17-13-7-5-4-6-8-13/h4-10H,1,11H2,2-3H3,(H,17,21). The maximum absolute atomic E-state index is 12.0. The monoisotopic (exact) mass is 282 g/mol. The average Bonchev–Trinajstić information content (AvgIpc) is 2.47. The maximum atomic E-state index is 12.0. The van der Waals surface area contributed by atoms with Crippen LogP contribution in [0.15, 0.2) is 54.6 Å². The molecule has 5 heteroatoms. The maximum Gasteiger partial charge on any atom is 0.276 e. The number of para-hydroxylation sites is 1. The minimum absolute atomic E-state index is 0.275. The van der Waals surface area contributed by atoms with Gasteiger partial charge in [0.2, 0.25) is 0 Å². The first-order valence-electron chi connectivity index (χ1n) is 6.62. The van der Waals surface area contributed by atoms with E-state index in [2.05, 4.69) is 22.1 Å². The summed E-state index contributed by atoms with van der Waals surface area (Å²) in [4.78, 5) is 14.0. The number of hydrogen-bond acceptors (Lipinski definition) is 4. The van der Waals surface area contributed by atoms with Gasteiger partial charge in [0.25, 0.3) is 5.91 Å². The molecule has 0 aliphatic rings. The first-order chi connectivity index (χ1) is 10.1. The van der Waals surface area contributed by atoms with E-state index in [-0.39, 0.29) is 11.6 Å². The predicted molar refractivity (Wildman–Crippen MR) is 84.5 cm³/mol. The number of nitrogens with zero attached hydrogens (tertiary/aromatic N) is 3. The Bertz CT molecular complexity index is 622. The number of amides is 1. The van der Waals surface area contributed by atoms with Gasteiger partial charge in [0.1, 0.15) is 0 Å². The Kier molecular flexibility index (Phi) is 4.66. The average molecular weight is 282 g/mol. The molecule has 1 aromatic heterocycles. The van der Waals surface area contributed by atoms with Crippen molar-refractivity contribution in [3.05, 3.63) is 60.3 Å². The van der Waals surface area contributed by atoms with Crippen LogP contribution in [-0.2, 0) is 0 Å². The smallest absolute Gasteiger partial charge is 0.276 e. The number of carbonyl (C=O) groups excluding carboxylic acids is 1. The summed E-state index contributed by atoms with van der Waals surface area (Å²) in [6.45, 7) is 6.51. The fraction of sp³-hybridized carbons (Fsp3) is 0.188. The van der Waals surface area contributed by atoms with Crippen molar-refractivity contribution in [2.45, 2.75) is 6.92 Å². The fourth-order valence-corrected chi connectivity index (χ4v) is 1.85. The summed E-state index contributed by atoms with van der Waals surface area (Å²) in [6.07, 6.45) is 0. The summed E-state index contributed by atoms with van der Waals surface area (Å²) in [5, 5.41) is 10.8. The quantitative estimate of drug-likeness (QED) is 0.857. The summed E-state index contributed by atoms with van der Waals surface area (Å²) in [5.74, 6) is 0.428. The van der Waals surface area contributed by atoms with Crippen LogP contribution >= 0.6 is 0 Å². The molecule has 0 saturated carbocycles. The predicted octanol–water partition coefficient (Wildman–Crippen LogP) is 2.74. The highest BCUT2D eigenvalue weighted by Crippen LogP contribution is 2.11. The summed E-state index contributed by atoms with van der Waals surface area (Å²) in [5.41, 5.74) is 2.05. The molecule has 108 valence electrons. The molecular formula is C16H18N4O. The Hall–Kier alpha value is -2.69. The number of rotatable bonds is 5. The lowest BCUT2D eigenvalue weighted by molar-refractivity contribution is 0.102. The second-order valence-electron chi connectivity index (χ2n) is 4.91. The Morgan fingerprint density at radius 3 is 2.48 bits per heavy atom. The Balaban J connectivity index is 2.05.